The number of rotatable bonds is 3. The maximum atomic E-state index is 10.7. The van der Waals surface area contributed by atoms with Crippen molar-refractivity contribution in [2.24, 2.45) is 0 Å². The van der Waals surface area contributed by atoms with Crippen molar-refractivity contribution in [2.75, 3.05) is 5.73 Å². The number of nitrogen functional groups attached to an aromatic ring is 1. The van der Waals surface area contributed by atoms with Gasteiger partial charge in [-0.05, 0) is 20.8 Å². The largest absolute Gasteiger partial charge is 0.378 e. The van der Waals surface area contributed by atoms with Crippen LogP contribution in [0.4, 0.5) is 11.5 Å². The smallest absolute Gasteiger partial charge is 0.330 e. The zero-order chi connectivity index (χ0) is 13.4. The number of nitrogens with two attached hydrogens (primary N) is 1. The van der Waals surface area contributed by atoms with Crippen molar-refractivity contribution in [2.45, 2.75) is 26.8 Å². The minimum atomic E-state index is -0.537. The van der Waals surface area contributed by atoms with Crippen LogP contribution in [0.15, 0.2) is 6.20 Å². The lowest BCUT2D eigenvalue weighted by molar-refractivity contribution is -0.384. The average Bonchev–Trinajstić information content (AvgIpc) is 2.81. The monoisotopic (exact) mass is 267 g/mol. The summed E-state index contributed by atoms with van der Waals surface area (Å²) in [4.78, 5) is 15.7. The minimum absolute atomic E-state index is 0.0533. The Labute approximate surface area is 107 Å². The van der Waals surface area contributed by atoms with E-state index in [1.807, 2.05) is 20.8 Å². The van der Waals surface area contributed by atoms with E-state index in [0.717, 1.165) is 15.6 Å². The Morgan fingerprint density at radius 3 is 2.67 bits per heavy atom. The molecule has 2 aromatic heterocycles. The number of hydrogen-bond acceptors (Lipinski definition) is 6. The van der Waals surface area contributed by atoms with Crippen LogP contribution >= 0.6 is 11.3 Å². The van der Waals surface area contributed by atoms with Crippen molar-refractivity contribution < 1.29 is 4.92 Å². The first kappa shape index (κ1) is 12.5. The molecule has 0 fully saturated rings. The summed E-state index contributed by atoms with van der Waals surface area (Å²) in [6.07, 6.45) is 1.17. The normalized spacial score (nSPS) is 12.6. The van der Waals surface area contributed by atoms with Crippen molar-refractivity contribution in [3.05, 3.63) is 31.9 Å². The highest BCUT2D eigenvalue weighted by Crippen LogP contribution is 2.29. The van der Waals surface area contributed by atoms with Crippen LogP contribution in [-0.2, 0) is 0 Å². The van der Waals surface area contributed by atoms with Crippen LogP contribution in [0.2, 0.25) is 0 Å². The quantitative estimate of drug-likeness (QED) is 0.677. The Morgan fingerprint density at radius 2 is 2.22 bits per heavy atom. The van der Waals surface area contributed by atoms with Gasteiger partial charge in [0.05, 0.1) is 21.7 Å². The predicted molar refractivity (Wildman–Crippen MR) is 68.7 cm³/mol. The Hall–Kier alpha value is -1.96. The first-order valence-electron chi connectivity index (χ1n) is 5.33. The fourth-order valence-corrected chi connectivity index (χ4v) is 2.77. The summed E-state index contributed by atoms with van der Waals surface area (Å²) in [6.45, 7) is 5.75. The summed E-state index contributed by atoms with van der Waals surface area (Å²) in [6, 6.07) is -0.219. The molecule has 0 amide bonds. The maximum absolute atomic E-state index is 10.7. The second kappa shape index (κ2) is 4.37. The van der Waals surface area contributed by atoms with Crippen molar-refractivity contribution >= 4 is 22.8 Å². The topological polar surface area (TPSA) is 99.9 Å². The number of nitrogens with zero attached hydrogens (tertiary/aromatic N) is 4. The van der Waals surface area contributed by atoms with E-state index in [1.165, 1.54) is 10.9 Å². The van der Waals surface area contributed by atoms with Gasteiger partial charge in [0.15, 0.2) is 0 Å². The molecule has 8 heteroatoms. The van der Waals surface area contributed by atoms with Gasteiger partial charge in [-0.3, -0.25) is 10.1 Å². The molecule has 2 heterocycles. The zero-order valence-electron chi connectivity index (χ0n) is 10.2. The highest BCUT2D eigenvalue weighted by molar-refractivity contribution is 7.11. The number of anilines is 1. The number of nitro groups is 1. The van der Waals surface area contributed by atoms with E-state index >= 15 is 0 Å². The molecule has 0 bridgehead atoms. The molecule has 0 saturated carbocycles. The molecule has 0 aliphatic rings. The van der Waals surface area contributed by atoms with Crippen molar-refractivity contribution in [1.29, 1.82) is 0 Å². The molecule has 2 N–H and O–H groups in total. The third kappa shape index (κ3) is 1.94. The maximum Gasteiger partial charge on any atom is 0.330 e. The third-order valence-corrected chi connectivity index (χ3v) is 3.61. The van der Waals surface area contributed by atoms with E-state index in [0.29, 0.717) is 0 Å². The summed E-state index contributed by atoms with van der Waals surface area (Å²) in [5.74, 6) is 0.0533. The third-order valence-electron chi connectivity index (χ3n) is 2.71. The standard InChI is InChI=1S/C10H13N5O2S/c1-5(9-6(2)18-7(3)13-9)14-10(11)8(4-12-14)15(16)17/h4-5H,11H2,1-3H3. The number of aryl methyl sites for hydroxylation is 2. The number of aromatic nitrogens is 3. The molecule has 1 unspecified atom stereocenters. The molecule has 2 rings (SSSR count). The van der Waals surface area contributed by atoms with E-state index in [4.69, 9.17) is 5.73 Å². The Balaban J connectivity index is 2.43. The molecular weight excluding hydrogens is 254 g/mol. The number of hydrogen-bond donors (Lipinski definition) is 1. The summed E-state index contributed by atoms with van der Waals surface area (Å²) in [5.41, 5.74) is 6.41. The van der Waals surface area contributed by atoms with Gasteiger partial charge in [-0.25, -0.2) is 9.67 Å². The minimum Gasteiger partial charge on any atom is -0.378 e. The Bertz CT molecular complexity index is 603. The van der Waals surface area contributed by atoms with Crippen molar-refractivity contribution in [3.63, 3.8) is 0 Å². The van der Waals surface area contributed by atoms with Crippen LogP contribution in [-0.4, -0.2) is 19.7 Å². The van der Waals surface area contributed by atoms with Gasteiger partial charge >= 0.3 is 5.69 Å². The van der Waals surface area contributed by atoms with Crippen molar-refractivity contribution in [1.82, 2.24) is 14.8 Å². The predicted octanol–water partition coefficient (Wildman–Crippen LogP) is 2.06. The summed E-state index contributed by atoms with van der Waals surface area (Å²) >= 11 is 1.58. The molecule has 18 heavy (non-hydrogen) atoms. The van der Waals surface area contributed by atoms with Gasteiger partial charge < -0.3 is 5.73 Å². The lowest BCUT2D eigenvalue weighted by Crippen LogP contribution is -2.13. The average molecular weight is 267 g/mol. The highest BCUT2D eigenvalue weighted by atomic mass is 32.1. The van der Waals surface area contributed by atoms with E-state index < -0.39 is 4.92 Å². The molecule has 7 nitrogen and oxygen atoms in total. The summed E-state index contributed by atoms with van der Waals surface area (Å²) < 4.78 is 1.43. The molecule has 0 radical (unpaired) electrons. The first-order chi connectivity index (χ1) is 8.41. The van der Waals surface area contributed by atoms with Gasteiger partial charge in [0.25, 0.3) is 0 Å². The number of thiazole rings is 1. The van der Waals surface area contributed by atoms with Crippen LogP contribution in [0.5, 0.6) is 0 Å². The van der Waals surface area contributed by atoms with Gasteiger partial charge in [0.2, 0.25) is 5.82 Å². The van der Waals surface area contributed by atoms with Crippen LogP contribution in [0.25, 0.3) is 0 Å². The van der Waals surface area contributed by atoms with Gasteiger partial charge in [0, 0.05) is 4.88 Å². The summed E-state index contributed by atoms with van der Waals surface area (Å²) in [7, 11) is 0. The first-order valence-corrected chi connectivity index (χ1v) is 6.14. The van der Waals surface area contributed by atoms with Gasteiger partial charge in [-0.1, -0.05) is 0 Å². The van der Waals surface area contributed by atoms with E-state index in [-0.39, 0.29) is 17.5 Å². The molecule has 0 aromatic carbocycles. The van der Waals surface area contributed by atoms with Crippen LogP contribution in [0, 0.1) is 24.0 Å². The lowest BCUT2D eigenvalue weighted by Gasteiger charge is -2.11. The second-order valence-electron chi connectivity index (χ2n) is 3.97. The lowest BCUT2D eigenvalue weighted by atomic mass is 10.2. The van der Waals surface area contributed by atoms with Crippen LogP contribution in [0.1, 0.15) is 28.5 Å². The zero-order valence-corrected chi connectivity index (χ0v) is 11.1. The molecule has 0 aliphatic carbocycles. The summed E-state index contributed by atoms with van der Waals surface area (Å²) in [5, 5.41) is 15.7. The van der Waals surface area contributed by atoms with Crippen molar-refractivity contribution in [3.8, 4) is 0 Å². The molecular formula is C10H13N5O2S. The molecule has 0 spiro atoms. The fraction of sp³-hybridized carbons (Fsp3) is 0.400. The van der Waals surface area contributed by atoms with Gasteiger partial charge in [-0.15, -0.1) is 11.3 Å². The Morgan fingerprint density at radius 1 is 1.56 bits per heavy atom. The molecule has 1 atom stereocenters. The second-order valence-corrected chi connectivity index (χ2v) is 5.37. The molecule has 2 aromatic rings. The van der Waals surface area contributed by atoms with Gasteiger partial charge in [0.1, 0.15) is 6.20 Å². The molecule has 96 valence electrons. The molecule has 0 saturated heterocycles. The van der Waals surface area contributed by atoms with E-state index in [1.54, 1.807) is 11.3 Å². The SMILES string of the molecule is Cc1nc(C(C)n2ncc([N+](=O)[O-])c2N)c(C)s1. The van der Waals surface area contributed by atoms with Crippen LogP contribution < -0.4 is 5.73 Å². The Kier molecular flexibility index (Phi) is 3.04. The van der Waals surface area contributed by atoms with Gasteiger partial charge in [-0.2, -0.15) is 5.10 Å². The highest BCUT2D eigenvalue weighted by Gasteiger charge is 2.23. The van der Waals surface area contributed by atoms with E-state index in [9.17, 15) is 10.1 Å². The van der Waals surface area contributed by atoms with E-state index in [2.05, 4.69) is 10.1 Å². The molecule has 0 aliphatic heterocycles. The fourth-order valence-electron chi connectivity index (χ4n) is 1.86. The van der Waals surface area contributed by atoms with Crippen LogP contribution in [0.3, 0.4) is 0 Å².